The smallest absolute Gasteiger partial charge is 0.272 e. The van der Waals surface area contributed by atoms with Gasteiger partial charge in [-0.2, -0.15) is 0 Å². The van der Waals surface area contributed by atoms with Crippen molar-refractivity contribution in [3.8, 4) is 11.5 Å². The Morgan fingerprint density at radius 1 is 1.12 bits per heavy atom. The van der Waals surface area contributed by atoms with Crippen LogP contribution in [0.5, 0.6) is 11.5 Å². The van der Waals surface area contributed by atoms with Gasteiger partial charge in [0.05, 0.1) is 19.9 Å². The van der Waals surface area contributed by atoms with Gasteiger partial charge in [0.25, 0.3) is 5.91 Å². The molecule has 128 valence electrons. The van der Waals surface area contributed by atoms with Crippen molar-refractivity contribution in [3.05, 3.63) is 36.3 Å². The molecule has 0 atom stereocenters. The molecule has 2 aromatic rings. The quantitative estimate of drug-likeness (QED) is 0.841. The van der Waals surface area contributed by atoms with Crippen LogP contribution in [0.4, 0.5) is 11.5 Å². The number of nitrogens with one attached hydrogen (secondary N) is 1. The highest BCUT2D eigenvalue weighted by atomic mass is 16.5. The van der Waals surface area contributed by atoms with Crippen LogP contribution in [0.3, 0.4) is 0 Å². The fourth-order valence-corrected chi connectivity index (χ4v) is 2.27. The molecule has 0 saturated carbocycles. The predicted octanol–water partition coefficient (Wildman–Crippen LogP) is 2.72. The summed E-state index contributed by atoms with van der Waals surface area (Å²) in [5, 5.41) is 3.14. The number of aromatic nitrogens is 2. The number of carbonyl (C=O) groups is 1. The van der Waals surface area contributed by atoms with Crippen LogP contribution in [0, 0.1) is 0 Å². The number of methoxy groups -OCH3 is 2. The summed E-state index contributed by atoms with van der Waals surface area (Å²) in [6.45, 7) is 5.13. The van der Waals surface area contributed by atoms with Gasteiger partial charge in [0.1, 0.15) is 29.3 Å². The van der Waals surface area contributed by atoms with Crippen molar-refractivity contribution >= 4 is 17.4 Å². The van der Waals surface area contributed by atoms with Crippen molar-refractivity contribution in [2.45, 2.75) is 13.8 Å². The van der Waals surface area contributed by atoms with Crippen molar-refractivity contribution in [3.63, 3.8) is 0 Å². The summed E-state index contributed by atoms with van der Waals surface area (Å²) in [6, 6.07) is 7.02. The fraction of sp³-hybridized carbons (Fsp3) is 0.353. The Labute approximate surface area is 141 Å². The maximum Gasteiger partial charge on any atom is 0.272 e. The maximum absolute atomic E-state index is 12.4. The standard InChI is InChI=1S/C17H22N4O3/c1-5-21(6-2)17(22)14-10-16(19-11-18-14)20-13-9-12(23-3)7-8-15(13)24-4/h7-11H,5-6H2,1-4H3,(H,18,19,20). The summed E-state index contributed by atoms with van der Waals surface area (Å²) < 4.78 is 10.6. The molecule has 1 amide bonds. The van der Waals surface area contributed by atoms with Gasteiger partial charge in [-0.3, -0.25) is 4.79 Å². The lowest BCUT2D eigenvalue weighted by Crippen LogP contribution is -2.31. The number of amides is 1. The van der Waals surface area contributed by atoms with Crippen LogP contribution < -0.4 is 14.8 Å². The van der Waals surface area contributed by atoms with E-state index in [4.69, 9.17) is 9.47 Å². The molecule has 1 aromatic heterocycles. The largest absolute Gasteiger partial charge is 0.497 e. The molecule has 0 fully saturated rings. The van der Waals surface area contributed by atoms with E-state index < -0.39 is 0 Å². The Kier molecular flexibility index (Phi) is 5.95. The Morgan fingerprint density at radius 2 is 1.88 bits per heavy atom. The molecule has 7 nitrogen and oxygen atoms in total. The number of anilines is 2. The van der Waals surface area contributed by atoms with Gasteiger partial charge in [-0.25, -0.2) is 9.97 Å². The summed E-state index contributed by atoms with van der Waals surface area (Å²) in [7, 11) is 3.18. The molecule has 0 spiro atoms. The van der Waals surface area contributed by atoms with E-state index in [1.54, 1.807) is 43.4 Å². The molecule has 1 heterocycles. The average molecular weight is 330 g/mol. The molecule has 0 bridgehead atoms. The number of ether oxygens (including phenoxy) is 2. The number of rotatable bonds is 7. The van der Waals surface area contributed by atoms with E-state index >= 15 is 0 Å². The molecule has 0 aliphatic carbocycles. The zero-order valence-corrected chi connectivity index (χ0v) is 14.4. The molecule has 7 heteroatoms. The van der Waals surface area contributed by atoms with E-state index in [1.165, 1.54) is 6.33 Å². The summed E-state index contributed by atoms with van der Waals surface area (Å²) in [5.74, 6) is 1.72. The van der Waals surface area contributed by atoms with Crippen LogP contribution in [0.2, 0.25) is 0 Å². The molecular formula is C17H22N4O3. The van der Waals surface area contributed by atoms with Gasteiger partial charge in [0.2, 0.25) is 0 Å². The molecule has 0 unspecified atom stereocenters. The Balaban J connectivity index is 2.28. The van der Waals surface area contributed by atoms with Crippen molar-refractivity contribution in [2.24, 2.45) is 0 Å². The van der Waals surface area contributed by atoms with E-state index in [0.717, 1.165) is 0 Å². The van der Waals surface area contributed by atoms with E-state index in [2.05, 4.69) is 15.3 Å². The second kappa shape index (κ2) is 8.14. The minimum atomic E-state index is -0.122. The second-order valence-corrected chi connectivity index (χ2v) is 4.96. The summed E-state index contributed by atoms with van der Waals surface area (Å²) in [5.41, 5.74) is 1.04. The lowest BCUT2D eigenvalue weighted by Gasteiger charge is -2.18. The summed E-state index contributed by atoms with van der Waals surface area (Å²) >= 11 is 0. The third-order valence-corrected chi connectivity index (χ3v) is 3.61. The van der Waals surface area contributed by atoms with Crippen LogP contribution in [0.25, 0.3) is 0 Å². The summed E-state index contributed by atoms with van der Waals surface area (Å²) in [6.07, 6.45) is 1.37. The predicted molar refractivity (Wildman–Crippen MR) is 92.1 cm³/mol. The monoisotopic (exact) mass is 330 g/mol. The lowest BCUT2D eigenvalue weighted by molar-refractivity contribution is 0.0767. The molecule has 2 rings (SSSR count). The van der Waals surface area contributed by atoms with Gasteiger partial charge in [-0.15, -0.1) is 0 Å². The maximum atomic E-state index is 12.4. The first kappa shape index (κ1) is 17.5. The van der Waals surface area contributed by atoms with Crippen LogP contribution in [-0.4, -0.2) is 48.1 Å². The van der Waals surface area contributed by atoms with Gasteiger partial charge in [-0.05, 0) is 26.0 Å². The lowest BCUT2D eigenvalue weighted by atomic mass is 10.2. The van der Waals surface area contributed by atoms with Gasteiger partial charge in [-0.1, -0.05) is 0 Å². The molecule has 1 aromatic carbocycles. The second-order valence-electron chi connectivity index (χ2n) is 4.96. The van der Waals surface area contributed by atoms with E-state index in [0.29, 0.717) is 41.8 Å². The van der Waals surface area contributed by atoms with Crippen molar-refractivity contribution in [1.82, 2.24) is 14.9 Å². The molecule has 0 radical (unpaired) electrons. The number of hydrogen-bond donors (Lipinski definition) is 1. The molecule has 0 saturated heterocycles. The third-order valence-electron chi connectivity index (χ3n) is 3.61. The first-order valence-corrected chi connectivity index (χ1v) is 7.73. The highest BCUT2D eigenvalue weighted by molar-refractivity contribution is 5.93. The highest BCUT2D eigenvalue weighted by Crippen LogP contribution is 2.31. The van der Waals surface area contributed by atoms with Crippen molar-refractivity contribution in [2.75, 3.05) is 32.6 Å². The first-order valence-electron chi connectivity index (χ1n) is 7.73. The highest BCUT2D eigenvalue weighted by Gasteiger charge is 2.15. The Hall–Kier alpha value is -2.83. The van der Waals surface area contributed by atoms with E-state index in [-0.39, 0.29) is 5.91 Å². The third kappa shape index (κ3) is 3.92. The molecular weight excluding hydrogens is 308 g/mol. The normalized spacial score (nSPS) is 10.2. The molecule has 0 aliphatic heterocycles. The van der Waals surface area contributed by atoms with Gasteiger partial charge >= 0.3 is 0 Å². The SMILES string of the molecule is CCN(CC)C(=O)c1cc(Nc2cc(OC)ccc2OC)ncn1. The zero-order chi connectivity index (χ0) is 17.5. The zero-order valence-electron chi connectivity index (χ0n) is 14.4. The van der Waals surface area contributed by atoms with Crippen LogP contribution in [0.1, 0.15) is 24.3 Å². The average Bonchev–Trinajstić information content (AvgIpc) is 2.62. The van der Waals surface area contributed by atoms with E-state index in [1.807, 2.05) is 13.8 Å². The van der Waals surface area contributed by atoms with Crippen LogP contribution in [0.15, 0.2) is 30.6 Å². The minimum Gasteiger partial charge on any atom is -0.497 e. The van der Waals surface area contributed by atoms with Crippen molar-refractivity contribution in [1.29, 1.82) is 0 Å². The van der Waals surface area contributed by atoms with Gasteiger partial charge in [0, 0.05) is 25.2 Å². The van der Waals surface area contributed by atoms with Gasteiger partial charge < -0.3 is 19.7 Å². The fourth-order valence-electron chi connectivity index (χ4n) is 2.27. The Bertz CT molecular complexity index is 702. The first-order chi connectivity index (χ1) is 11.6. The van der Waals surface area contributed by atoms with Crippen molar-refractivity contribution < 1.29 is 14.3 Å². The topological polar surface area (TPSA) is 76.6 Å². The number of benzene rings is 1. The van der Waals surface area contributed by atoms with Crippen LogP contribution in [-0.2, 0) is 0 Å². The molecule has 0 aliphatic rings. The number of hydrogen-bond acceptors (Lipinski definition) is 6. The van der Waals surface area contributed by atoms with Gasteiger partial charge in [0.15, 0.2) is 0 Å². The minimum absolute atomic E-state index is 0.122. The van der Waals surface area contributed by atoms with E-state index in [9.17, 15) is 4.79 Å². The molecule has 1 N–H and O–H groups in total. The number of carbonyl (C=O) groups excluding carboxylic acids is 1. The Morgan fingerprint density at radius 3 is 2.50 bits per heavy atom. The summed E-state index contributed by atoms with van der Waals surface area (Å²) in [4.78, 5) is 22.4. The number of nitrogens with zero attached hydrogens (tertiary/aromatic N) is 3. The molecule has 24 heavy (non-hydrogen) atoms. The van der Waals surface area contributed by atoms with Crippen LogP contribution >= 0.6 is 0 Å².